The second-order valence-electron chi connectivity index (χ2n) is 6.32. The van der Waals surface area contributed by atoms with Crippen molar-refractivity contribution >= 4 is 11.6 Å². The van der Waals surface area contributed by atoms with Gasteiger partial charge in [0.05, 0.1) is 12.8 Å². The number of ether oxygens (including phenoxy) is 1. The molecule has 0 unspecified atom stereocenters. The first-order valence-electron chi connectivity index (χ1n) is 8.77. The average Bonchev–Trinajstić information content (AvgIpc) is 3.39. The molecule has 0 saturated carbocycles. The highest BCUT2D eigenvalue weighted by atomic mass is 16.5. The van der Waals surface area contributed by atoms with Gasteiger partial charge in [-0.05, 0) is 66.2 Å². The summed E-state index contributed by atoms with van der Waals surface area (Å²) < 4.78 is 8.59. The van der Waals surface area contributed by atoms with Gasteiger partial charge in [-0.2, -0.15) is 9.78 Å². The fourth-order valence-corrected chi connectivity index (χ4v) is 2.98. The number of nitrogens with zero attached hydrogens (tertiary/aromatic N) is 7. The number of nitrogens with one attached hydrogen (secondary N) is 1. The number of aryl methyl sites for hydroxylation is 2. The third-order valence-corrected chi connectivity index (χ3v) is 4.41. The average molecular weight is 390 g/mol. The van der Waals surface area contributed by atoms with Gasteiger partial charge in [-0.3, -0.25) is 4.79 Å². The van der Waals surface area contributed by atoms with Crippen LogP contribution in [0.5, 0.6) is 5.75 Å². The monoisotopic (exact) mass is 390 g/mol. The number of methoxy groups -OCH3 is 1. The molecule has 10 nitrogen and oxygen atoms in total. The van der Waals surface area contributed by atoms with Crippen LogP contribution in [0.15, 0.2) is 49.1 Å². The van der Waals surface area contributed by atoms with Crippen LogP contribution >= 0.6 is 0 Å². The summed E-state index contributed by atoms with van der Waals surface area (Å²) in [5, 5.41) is 18.5. The highest BCUT2D eigenvalue weighted by Crippen LogP contribution is 2.27. The molecule has 4 rings (SSSR count). The Morgan fingerprint density at radius 3 is 2.62 bits per heavy atom. The topological polar surface area (TPSA) is 113 Å². The van der Waals surface area contributed by atoms with Gasteiger partial charge >= 0.3 is 0 Å². The van der Waals surface area contributed by atoms with Crippen molar-refractivity contribution in [2.45, 2.75) is 13.8 Å². The summed E-state index contributed by atoms with van der Waals surface area (Å²) in [5.41, 5.74) is 3.52. The van der Waals surface area contributed by atoms with Crippen LogP contribution in [0.1, 0.15) is 21.7 Å². The van der Waals surface area contributed by atoms with Crippen molar-refractivity contribution in [3.8, 4) is 17.1 Å². The predicted molar refractivity (Wildman–Crippen MR) is 104 cm³/mol. The van der Waals surface area contributed by atoms with E-state index in [1.165, 1.54) is 6.33 Å². The Morgan fingerprint density at radius 2 is 1.97 bits per heavy atom. The zero-order valence-electron chi connectivity index (χ0n) is 16.1. The van der Waals surface area contributed by atoms with Crippen LogP contribution in [0.4, 0.5) is 5.69 Å². The van der Waals surface area contributed by atoms with Crippen molar-refractivity contribution in [2.75, 3.05) is 12.4 Å². The molecule has 29 heavy (non-hydrogen) atoms. The lowest BCUT2D eigenvalue weighted by atomic mass is 10.1. The zero-order chi connectivity index (χ0) is 20.4. The maximum Gasteiger partial charge on any atom is 0.255 e. The molecule has 0 atom stereocenters. The summed E-state index contributed by atoms with van der Waals surface area (Å²) in [5.74, 6) is 0.959. The Labute approximate surface area is 166 Å². The molecule has 4 aromatic rings. The van der Waals surface area contributed by atoms with Gasteiger partial charge in [-0.1, -0.05) is 0 Å². The SMILES string of the molecule is COc1ccc(NC(=O)c2ccc(-n3cncn3)c(C)c2)cc1-n1nnnc1C. The number of rotatable bonds is 5. The van der Waals surface area contributed by atoms with Gasteiger partial charge in [-0.25, -0.2) is 9.67 Å². The first kappa shape index (κ1) is 18.3. The number of anilines is 1. The lowest BCUT2D eigenvalue weighted by molar-refractivity contribution is 0.102. The smallest absolute Gasteiger partial charge is 0.255 e. The zero-order valence-corrected chi connectivity index (χ0v) is 16.1. The third kappa shape index (κ3) is 3.55. The molecule has 10 heteroatoms. The van der Waals surface area contributed by atoms with E-state index in [1.54, 1.807) is 54.0 Å². The summed E-state index contributed by atoms with van der Waals surface area (Å²) in [7, 11) is 1.57. The number of hydrogen-bond acceptors (Lipinski definition) is 7. The van der Waals surface area contributed by atoms with Crippen molar-refractivity contribution in [2.24, 2.45) is 0 Å². The van der Waals surface area contributed by atoms with E-state index in [0.717, 1.165) is 11.3 Å². The van der Waals surface area contributed by atoms with E-state index >= 15 is 0 Å². The number of carbonyl (C=O) groups is 1. The number of hydrogen-bond donors (Lipinski definition) is 1. The maximum absolute atomic E-state index is 12.8. The molecular formula is C19H18N8O2. The van der Waals surface area contributed by atoms with E-state index < -0.39 is 0 Å². The molecule has 0 radical (unpaired) electrons. The predicted octanol–water partition coefficient (Wildman–Crippen LogP) is 2.12. The lowest BCUT2D eigenvalue weighted by Crippen LogP contribution is -2.13. The van der Waals surface area contributed by atoms with Gasteiger partial charge in [-0.15, -0.1) is 5.10 Å². The van der Waals surface area contributed by atoms with Gasteiger partial charge in [0.2, 0.25) is 0 Å². The van der Waals surface area contributed by atoms with Crippen molar-refractivity contribution in [1.82, 2.24) is 35.0 Å². The molecular weight excluding hydrogens is 372 g/mol. The van der Waals surface area contributed by atoms with Crippen molar-refractivity contribution in [3.63, 3.8) is 0 Å². The molecule has 0 aliphatic heterocycles. The molecule has 0 bridgehead atoms. The van der Waals surface area contributed by atoms with Crippen molar-refractivity contribution < 1.29 is 9.53 Å². The van der Waals surface area contributed by atoms with Gasteiger partial charge in [0, 0.05) is 11.3 Å². The summed E-state index contributed by atoms with van der Waals surface area (Å²) in [6.45, 7) is 3.70. The largest absolute Gasteiger partial charge is 0.494 e. The Hall–Kier alpha value is -4.08. The van der Waals surface area contributed by atoms with E-state index in [-0.39, 0.29) is 5.91 Å². The Bertz CT molecular complexity index is 1170. The number of carbonyl (C=O) groups excluding carboxylic acids is 1. The van der Waals surface area contributed by atoms with Crippen LogP contribution < -0.4 is 10.1 Å². The van der Waals surface area contributed by atoms with E-state index in [9.17, 15) is 4.79 Å². The van der Waals surface area contributed by atoms with Gasteiger partial charge in [0.1, 0.15) is 24.1 Å². The minimum Gasteiger partial charge on any atom is -0.494 e. The van der Waals surface area contributed by atoms with Crippen molar-refractivity contribution in [1.29, 1.82) is 0 Å². The molecule has 0 aliphatic carbocycles. The van der Waals surface area contributed by atoms with Crippen LogP contribution in [-0.4, -0.2) is 48.0 Å². The number of amides is 1. The third-order valence-electron chi connectivity index (χ3n) is 4.41. The van der Waals surface area contributed by atoms with Gasteiger partial charge in [0.25, 0.3) is 5.91 Å². The van der Waals surface area contributed by atoms with E-state index in [4.69, 9.17) is 4.74 Å². The van der Waals surface area contributed by atoms with Crippen LogP contribution in [0.2, 0.25) is 0 Å². The minimum atomic E-state index is -0.234. The van der Waals surface area contributed by atoms with E-state index in [0.29, 0.717) is 28.5 Å². The van der Waals surface area contributed by atoms with Crippen LogP contribution in [-0.2, 0) is 0 Å². The fraction of sp³-hybridized carbons (Fsp3) is 0.158. The molecule has 0 fully saturated rings. The second-order valence-corrected chi connectivity index (χ2v) is 6.32. The van der Waals surface area contributed by atoms with Crippen LogP contribution in [0, 0.1) is 13.8 Å². The number of tetrazole rings is 1. The highest BCUT2D eigenvalue weighted by molar-refractivity contribution is 6.04. The number of benzene rings is 2. The van der Waals surface area contributed by atoms with E-state index in [1.807, 2.05) is 19.1 Å². The Morgan fingerprint density at radius 1 is 1.10 bits per heavy atom. The second kappa shape index (κ2) is 7.50. The van der Waals surface area contributed by atoms with E-state index in [2.05, 4.69) is 30.9 Å². The fourth-order valence-electron chi connectivity index (χ4n) is 2.98. The summed E-state index contributed by atoms with van der Waals surface area (Å²) in [4.78, 5) is 16.7. The Kier molecular flexibility index (Phi) is 4.73. The van der Waals surface area contributed by atoms with Gasteiger partial charge < -0.3 is 10.1 Å². The van der Waals surface area contributed by atoms with Crippen molar-refractivity contribution in [3.05, 3.63) is 66.0 Å². The minimum absolute atomic E-state index is 0.234. The van der Waals surface area contributed by atoms with Crippen LogP contribution in [0.3, 0.4) is 0 Å². The lowest BCUT2D eigenvalue weighted by Gasteiger charge is -2.12. The van der Waals surface area contributed by atoms with Crippen LogP contribution in [0.25, 0.3) is 11.4 Å². The standard InChI is InChI=1S/C19H18N8O2/c1-12-8-14(4-6-16(12)26-11-20-10-21-26)19(28)22-15-5-7-18(29-3)17(9-15)27-13(2)23-24-25-27/h4-11H,1-3H3,(H,22,28). The molecule has 146 valence electrons. The summed E-state index contributed by atoms with van der Waals surface area (Å²) >= 11 is 0. The molecule has 0 saturated heterocycles. The molecule has 2 heterocycles. The van der Waals surface area contributed by atoms with Gasteiger partial charge in [0.15, 0.2) is 5.82 Å². The number of aromatic nitrogens is 7. The summed E-state index contributed by atoms with van der Waals surface area (Å²) in [6, 6.07) is 10.7. The molecule has 0 spiro atoms. The first-order chi connectivity index (χ1) is 14.1. The molecule has 1 N–H and O–H groups in total. The Balaban J connectivity index is 1.60. The normalized spacial score (nSPS) is 10.7. The molecule has 2 aromatic heterocycles. The quantitative estimate of drug-likeness (QED) is 0.555. The highest BCUT2D eigenvalue weighted by Gasteiger charge is 2.14. The first-order valence-corrected chi connectivity index (χ1v) is 8.77. The summed E-state index contributed by atoms with van der Waals surface area (Å²) in [6.07, 6.45) is 3.08. The molecule has 0 aliphatic rings. The molecule has 1 amide bonds. The maximum atomic E-state index is 12.8. The molecule has 2 aromatic carbocycles.